The van der Waals surface area contributed by atoms with Crippen molar-refractivity contribution in [2.45, 2.75) is 25.8 Å². The zero-order valence-electron chi connectivity index (χ0n) is 13.3. The van der Waals surface area contributed by atoms with E-state index in [0.29, 0.717) is 11.3 Å². The minimum atomic E-state index is -0.131. The number of fused-ring (bicyclic) bond motifs is 1. The van der Waals surface area contributed by atoms with E-state index in [1.807, 2.05) is 17.3 Å². The van der Waals surface area contributed by atoms with Crippen LogP contribution < -0.4 is 10.9 Å². The van der Waals surface area contributed by atoms with Gasteiger partial charge in [0, 0.05) is 13.1 Å². The molecule has 124 valence electrons. The molecule has 0 spiro atoms. The molecule has 3 rings (SSSR count). The third-order valence-corrected chi connectivity index (χ3v) is 5.35. The SMILES string of the molecule is CNCCC1CCN(C(=O)Cn2cnc3sccc3c2=O)CC1. The van der Waals surface area contributed by atoms with Gasteiger partial charge in [-0.05, 0) is 50.2 Å². The van der Waals surface area contributed by atoms with Crippen molar-refractivity contribution in [3.05, 3.63) is 28.1 Å². The summed E-state index contributed by atoms with van der Waals surface area (Å²) in [6.45, 7) is 2.69. The normalized spacial score (nSPS) is 16.1. The number of likely N-dealkylation sites (tertiary alicyclic amines) is 1. The highest BCUT2D eigenvalue weighted by molar-refractivity contribution is 7.16. The molecule has 0 unspecified atom stereocenters. The predicted molar refractivity (Wildman–Crippen MR) is 91.7 cm³/mol. The second-order valence-corrected chi connectivity index (χ2v) is 6.93. The van der Waals surface area contributed by atoms with Crippen molar-refractivity contribution in [1.29, 1.82) is 0 Å². The van der Waals surface area contributed by atoms with Crippen molar-refractivity contribution in [2.75, 3.05) is 26.7 Å². The van der Waals surface area contributed by atoms with Crippen LogP contribution in [0.15, 0.2) is 22.6 Å². The number of carbonyl (C=O) groups is 1. The maximum Gasteiger partial charge on any atom is 0.262 e. The first-order chi connectivity index (χ1) is 11.2. The van der Waals surface area contributed by atoms with Gasteiger partial charge < -0.3 is 10.2 Å². The quantitative estimate of drug-likeness (QED) is 0.895. The summed E-state index contributed by atoms with van der Waals surface area (Å²) in [6, 6.07) is 1.77. The molecule has 2 aromatic heterocycles. The molecule has 1 aliphatic heterocycles. The lowest BCUT2D eigenvalue weighted by Crippen LogP contribution is -2.41. The maximum atomic E-state index is 12.4. The van der Waals surface area contributed by atoms with E-state index >= 15 is 0 Å². The second-order valence-electron chi connectivity index (χ2n) is 6.03. The summed E-state index contributed by atoms with van der Waals surface area (Å²) in [7, 11) is 1.97. The fourth-order valence-electron chi connectivity index (χ4n) is 3.07. The largest absolute Gasteiger partial charge is 0.341 e. The van der Waals surface area contributed by atoms with Gasteiger partial charge in [0.2, 0.25) is 5.91 Å². The summed E-state index contributed by atoms with van der Waals surface area (Å²) in [5.41, 5.74) is -0.131. The number of carbonyl (C=O) groups excluding carboxylic acids is 1. The van der Waals surface area contributed by atoms with Gasteiger partial charge in [0.15, 0.2) is 0 Å². The lowest BCUT2D eigenvalue weighted by molar-refractivity contribution is -0.133. The molecule has 0 bridgehead atoms. The molecule has 1 amide bonds. The number of piperidine rings is 1. The van der Waals surface area contributed by atoms with Crippen LogP contribution in [-0.4, -0.2) is 47.0 Å². The van der Waals surface area contributed by atoms with Gasteiger partial charge in [0.05, 0.1) is 11.7 Å². The van der Waals surface area contributed by atoms with Crippen LogP contribution in [-0.2, 0) is 11.3 Å². The Morgan fingerprint density at radius 2 is 2.22 bits per heavy atom. The zero-order chi connectivity index (χ0) is 16.2. The first-order valence-corrected chi connectivity index (χ1v) is 8.92. The lowest BCUT2D eigenvalue weighted by Gasteiger charge is -2.32. The Labute approximate surface area is 139 Å². The van der Waals surface area contributed by atoms with Crippen molar-refractivity contribution in [3.63, 3.8) is 0 Å². The first-order valence-electron chi connectivity index (χ1n) is 8.04. The smallest absolute Gasteiger partial charge is 0.262 e. The number of amides is 1. The summed E-state index contributed by atoms with van der Waals surface area (Å²) in [5.74, 6) is 0.702. The third kappa shape index (κ3) is 3.61. The predicted octanol–water partition coefficient (Wildman–Crippen LogP) is 1.31. The van der Waals surface area contributed by atoms with Crippen LogP contribution in [0.3, 0.4) is 0 Å². The van der Waals surface area contributed by atoms with Crippen molar-refractivity contribution >= 4 is 27.5 Å². The van der Waals surface area contributed by atoms with Crippen molar-refractivity contribution in [1.82, 2.24) is 19.8 Å². The van der Waals surface area contributed by atoms with E-state index in [4.69, 9.17) is 0 Å². The fraction of sp³-hybridized carbons (Fsp3) is 0.562. The van der Waals surface area contributed by atoms with E-state index in [1.165, 1.54) is 22.2 Å². The van der Waals surface area contributed by atoms with Crippen LogP contribution in [0.5, 0.6) is 0 Å². The monoisotopic (exact) mass is 334 g/mol. The van der Waals surface area contributed by atoms with Crippen molar-refractivity contribution in [2.24, 2.45) is 5.92 Å². The van der Waals surface area contributed by atoms with Crippen LogP contribution in [0, 0.1) is 5.92 Å². The summed E-state index contributed by atoms with van der Waals surface area (Å²) >= 11 is 1.44. The third-order valence-electron chi connectivity index (χ3n) is 4.53. The fourth-order valence-corrected chi connectivity index (χ4v) is 3.79. The van der Waals surface area contributed by atoms with Gasteiger partial charge in [-0.2, -0.15) is 0 Å². The van der Waals surface area contributed by atoms with Crippen LogP contribution in [0.2, 0.25) is 0 Å². The van der Waals surface area contributed by atoms with E-state index < -0.39 is 0 Å². The van der Waals surface area contributed by atoms with Gasteiger partial charge >= 0.3 is 0 Å². The van der Waals surface area contributed by atoms with E-state index in [1.54, 1.807) is 6.07 Å². The van der Waals surface area contributed by atoms with Gasteiger partial charge in [-0.3, -0.25) is 14.2 Å². The van der Waals surface area contributed by atoms with Crippen LogP contribution >= 0.6 is 11.3 Å². The molecule has 6 nitrogen and oxygen atoms in total. The van der Waals surface area contributed by atoms with Gasteiger partial charge in [-0.25, -0.2) is 4.98 Å². The Hall–Kier alpha value is -1.73. The first kappa shape index (κ1) is 16.1. The number of hydrogen-bond donors (Lipinski definition) is 1. The van der Waals surface area contributed by atoms with Crippen molar-refractivity contribution in [3.8, 4) is 0 Å². The van der Waals surface area contributed by atoms with Gasteiger partial charge in [0.25, 0.3) is 5.56 Å². The van der Waals surface area contributed by atoms with Gasteiger partial charge in [-0.15, -0.1) is 11.3 Å². The minimum Gasteiger partial charge on any atom is -0.341 e. The van der Waals surface area contributed by atoms with E-state index in [2.05, 4.69) is 10.3 Å². The molecular formula is C16H22N4O2S. The Morgan fingerprint density at radius 3 is 2.96 bits per heavy atom. The van der Waals surface area contributed by atoms with Gasteiger partial charge in [0.1, 0.15) is 11.4 Å². The van der Waals surface area contributed by atoms with E-state index in [-0.39, 0.29) is 18.0 Å². The lowest BCUT2D eigenvalue weighted by atomic mass is 9.93. The number of rotatable bonds is 5. The average Bonchev–Trinajstić information content (AvgIpc) is 3.05. The molecule has 1 fully saturated rings. The average molecular weight is 334 g/mol. The highest BCUT2D eigenvalue weighted by Crippen LogP contribution is 2.20. The molecule has 0 atom stereocenters. The number of thiophene rings is 1. The Bertz CT molecular complexity index is 731. The molecule has 23 heavy (non-hydrogen) atoms. The van der Waals surface area contributed by atoms with E-state index in [9.17, 15) is 9.59 Å². The zero-order valence-corrected chi connectivity index (χ0v) is 14.1. The molecule has 0 saturated carbocycles. The molecule has 3 heterocycles. The molecule has 2 aromatic rings. The standard InChI is InChI=1S/C16H22N4O2S/c1-17-6-2-12-3-7-19(8-4-12)14(21)10-20-11-18-15-13(16(20)22)5-9-23-15/h5,9,11-12,17H,2-4,6-8,10H2,1H3. The van der Waals surface area contributed by atoms with E-state index in [0.717, 1.165) is 43.7 Å². The Morgan fingerprint density at radius 1 is 1.43 bits per heavy atom. The number of nitrogens with one attached hydrogen (secondary N) is 1. The minimum absolute atomic E-state index is 0.00976. The molecule has 1 aliphatic rings. The van der Waals surface area contributed by atoms with Gasteiger partial charge in [-0.1, -0.05) is 0 Å². The number of nitrogens with zero attached hydrogens (tertiary/aromatic N) is 3. The van der Waals surface area contributed by atoms with Crippen LogP contribution in [0.25, 0.3) is 10.2 Å². The summed E-state index contributed by atoms with van der Waals surface area (Å²) in [6.07, 6.45) is 4.74. The van der Waals surface area contributed by atoms with Crippen LogP contribution in [0.4, 0.5) is 0 Å². The number of hydrogen-bond acceptors (Lipinski definition) is 5. The van der Waals surface area contributed by atoms with Crippen molar-refractivity contribution < 1.29 is 4.79 Å². The van der Waals surface area contributed by atoms with Crippen LogP contribution in [0.1, 0.15) is 19.3 Å². The molecule has 7 heteroatoms. The molecular weight excluding hydrogens is 312 g/mol. The highest BCUT2D eigenvalue weighted by atomic mass is 32.1. The molecule has 0 radical (unpaired) electrons. The summed E-state index contributed by atoms with van der Waals surface area (Å²) < 4.78 is 1.42. The second kappa shape index (κ2) is 7.23. The Kier molecular flexibility index (Phi) is 5.07. The summed E-state index contributed by atoms with van der Waals surface area (Å²) in [4.78, 5) is 31.6. The summed E-state index contributed by atoms with van der Waals surface area (Å²) in [5, 5.41) is 5.62. The maximum absolute atomic E-state index is 12.4. The molecule has 1 N–H and O–H groups in total. The number of aromatic nitrogens is 2. The highest BCUT2D eigenvalue weighted by Gasteiger charge is 2.23. The molecule has 0 aliphatic carbocycles. The molecule has 1 saturated heterocycles. The Balaban J connectivity index is 1.61. The topological polar surface area (TPSA) is 67.2 Å². The molecule has 0 aromatic carbocycles.